The summed E-state index contributed by atoms with van der Waals surface area (Å²) >= 11 is 0. The van der Waals surface area contributed by atoms with Crippen molar-refractivity contribution >= 4 is 11.4 Å². The Morgan fingerprint density at radius 2 is 1.61 bits per heavy atom. The van der Waals surface area contributed by atoms with Gasteiger partial charge in [-0.3, -0.25) is 4.79 Å². The Morgan fingerprint density at radius 1 is 0.921 bits per heavy atom. The van der Waals surface area contributed by atoms with Crippen molar-refractivity contribution in [1.29, 1.82) is 0 Å². The number of likely N-dealkylation sites (tertiary alicyclic amines) is 1. The highest BCUT2D eigenvalue weighted by Crippen LogP contribution is 2.29. The molecule has 1 fully saturated rings. The molecule has 1 aliphatic heterocycles. The maximum Gasteiger partial charge on any atom is 0.253 e. The van der Waals surface area contributed by atoms with Gasteiger partial charge in [0.05, 0.1) is 11.2 Å². The molecule has 1 aliphatic rings. The van der Waals surface area contributed by atoms with Crippen molar-refractivity contribution in [3.8, 4) is 11.3 Å². The highest BCUT2D eigenvalue weighted by Gasteiger charge is 2.20. The van der Waals surface area contributed by atoms with Crippen molar-refractivity contribution in [3.05, 3.63) is 59.5 Å². The lowest BCUT2D eigenvalue weighted by atomic mass is 10.0. The van der Waals surface area contributed by atoms with Crippen LogP contribution in [0.4, 0.5) is 4.39 Å². The van der Waals surface area contributed by atoms with Gasteiger partial charge in [0.25, 0.3) is 5.91 Å². The van der Waals surface area contributed by atoms with Crippen LogP contribution in [0, 0.1) is 5.82 Å². The molecule has 1 saturated heterocycles. The van der Waals surface area contributed by atoms with Crippen molar-refractivity contribution < 1.29 is 9.18 Å². The Labute approximate surface area is 228 Å². The first kappa shape index (κ1) is 28.3. The molecule has 3 aromatic rings. The van der Waals surface area contributed by atoms with Crippen LogP contribution in [0.15, 0.2) is 42.6 Å². The Balaban J connectivity index is 1.61. The molecule has 0 N–H and O–H groups in total. The number of unbranched alkanes of at least 4 members (excludes halogenated alkanes) is 4. The number of hydrogen-bond acceptors (Lipinski definition) is 3. The fourth-order valence-electron chi connectivity index (χ4n) is 5.58. The third kappa shape index (κ3) is 7.43. The minimum absolute atomic E-state index is 0.114. The molecule has 6 heteroatoms. The summed E-state index contributed by atoms with van der Waals surface area (Å²) in [6, 6.07) is 10.5. The van der Waals surface area contributed by atoms with Crippen molar-refractivity contribution in [2.75, 3.05) is 32.7 Å². The van der Waals surface area contributed by atoms with E-state index < -0.39 is 0 Å². The fraction of sp³-hybridized carbons (Fsp3) is 0.562. The van der Waals surface area contributed by atoms with Gasteiger partial charge in [0, 0.05) is 36.0 Å². The summed E-state index contributed by atoms with van der Waals surface area (Å²) in [5.74, 6) is -0.133. The topological polar surface area (TPSA) is 40.9 Å². The van der Waals surface area contributed by atoms with Crippen LogP contribution >= 0.6 is 0 Å². The maximum atomic E-state index is 13.7. The molecule has 0 radical (unpaired) electrons. The van der Waals surface area contributed by atoms with Crippen LogP contribution in [0.2, 0.25) is 0 Å². The summed E-state index contributed by atoms with van der Waals surface area (Å²) in [5, 5.41) is 4.90. The quantitative estimate of drug-likeness (QED) is 0.208. The van der Waals surface area contributed by atoms with Crippen LogP contribution in [-0.4, -0.2) is 58.0 Å². The number of nitrogens with zero attached hydrogens (tertiary/aromatic N) is 4. The first-order chi connectivity index (χ1) is 18.6. The molecule has 0 unspecified atom stereocenters. The van der Waals surface area contributed by atoms with E-state index in [1.165, 1.54) is 44.5 Å². The molecule has 38 heavy (non-hydrogen) atoms. The molecule has 0 spiro atoms. The summed E-state index contributed by atoms with van der Waals surface area (Å²) < 4.78 is 15.6. The Kier molecular flexibility index (Phi) is 10.7. The van der Waals surface area contributed by atoms with E-state index in [1.807, 2.05) is 27.7 Å². The van der Waals surface area contributed by atoms with E-state index in [0.29, 0.717) is 0 Å². The van der Waals surface area contributed by atoms with Crippen LogP contribution in [0.3, 0.4) is 0 Å². The first-order valence-electron chi connectivity index (χ1n) is 14.9. The SMILES string of the molecule is CCCCCN(CCCCC)C(=O)c1ccn2nc(-c3ccc(F)cc3)c(CCCN3CCCCC3)c2c1. The Morgan fingerprint density at radius 3 is 2.26 bits per heavy atom. The van der Waals surface area contributed by atoms with Crippen LogP contribution in [-0.2, 0) is 6.42 Å². The molecule has 0 aliphatic carbocycles. The number of rotatable bonds is 14. The monoisotopic (exact) mass is 520 g/mol. The number of aromatic nitrogens is 2. The second-order valence-electron chi connectivity index (χ2n) is 10.8. The normalized spacial score (nSPS) is 14.3. The predicted molar refractivity (Wildman–Crippen MR) is 154 cm³/mol. The van der Waals surface area contributed by atoms with Gasteiger partial charge in [-0.05, 0) is 94.6 Å². The minimum Gasteiger partial charge on any atom is -0.339 e. The van der Waals surface area contributed by atoms with Gasteiger partial charge >= 0.3 is 0 Å². The third-order valence-electron chi connectivity index (χ3n) is 7.80. The molecule has 0 bridgehead atoms. The number of amides is 1. The number of carbonyl (C=O) groups excluding carboxylic acids is 1. The van der Waals surface area contributed by atoms with E-state index in [-0.39, 0.29) is 11.7 Å². The van der Waals surface area contributed by atoms with Gasteiger partial charge in [0.2, 0.25) is 0 Å². The van der Waals surface area contributed by atoms with Crippen LogP contribution in [0.25, 0.3) is 16.8 Å². The molecule has 2 aromatic heterocycles. The summed E-state index contributed by atoms with van der Waals surface area (Å²) in [6.07, 6.45) is 14.4. The number of halogens is 1. The molecular weight excluding hydrogens is 475 g/mol. The van der Waals surface area contributed by atoms with E-state index in [1.54, 1.807) is 12.1 Å². The zero-order valence-corrected chi connectivity index (χ0v) is 23.4. The molecule has 3 heterocycles. The molecule has 4 rings (SSSR count). The molecule has 1 aromatic carbocycles. The molecule has 1 amide bonds. The lowest BCUT2D eigenvalue weighted by Crippen LogP contribution is -2.33. The molecule has 0 atom stereocenters. The van der Waals surface area contributed by atoms with E-state index >= 15 is 0 Å². The number of aryl methyl sites for hydroxylation is 1. The largest absolute Gasteiger partial charge is 0.339 e. The molecule has 0 saturated carbocycles. The van der Waals surface area contributed by atoms with Crippen molar-refractivity contribution in [2.45, 2.75) is 84.5 Å². The van der Waals surface area contributed by atoms with Gasteiger partial charge in [-0.1, -0.05) is 46.0 Å². The van der Waals surface area contributed by atoms with Gasteiger partial charge in [0.15, 0.2) is 0 Å². The zero-order chi connectivity index (χ0) is 26.7. The van der Waals surface area contributed by atoms with Crippen molar-refractivity contribution in [3.63, 3.8) is 0 Å². The smallest absolute Gasteiger partial charge is 0.253 e. The summed E-state index contributed by atoms with van der Waals surface area (Å²) in [5.41, 5.74) is 4.66. The predicted octanol–water partition coefficient (Wildman–Crippen LogP) is 7.38. The standard InChI is InChI=1S/C32H45FN4O/c1-3-5-8-22-36(23-9-6-4-2)32(38)27-18-24-37-30(25-27)29(13-12-21-35-19-10-7-11-20-35)31(34-37)26-14-16-28(33)17-15-26/h14-18,24-25H,3-13,19-23H2,1-2H3. The average Bonchev–Trinajstić information content (AvgIpc) is 3.30. The Hall–Kier alpha value is -2.73. The van der Waals surface area contributed by atoms with Gasteiger partial charge < -0.3 is 9.80 Å². The lowest BCUT2D eigenvalue weighted by molar-refractivity contribution is 0.0749. The summed E-state index contributed by atoms with van der Waals surface area (Å²) in [4.78, 5) is 18.3. The van der Waals surface area contributed by atoms with E-state index in [9.17, 15) is 9.18 Å². The van der Waals surface area contributed by atoms with Crippen LogP contribution in [0.5, 0.6) is 0 Å². The number of fused-ring (bicyclic) bond motifs is 1. The number of hydrogen-bond donors (Lipinski definition) is 0. The number of benzene rings is 1. The first-order valence-corrected chi connectivity index (χ1v) is 14.9. The highest BCUT2D eigenvalue weighted by molar-refractivity contribution is 5.95. The van der Waals surface area contributed by atoms with Gasteiger partial charge in [-0.2, -0.15) is 5.10 Å². The van der Waals surface area contributed by atoms with E-state index in [0.717, 1.165) is 98.9 Å². The van der Waals surface area contributed by atoms with Crippen molar-refractivity contribution in [2.24, 2.45) is 0 Å². The van der Waals surface area contributed by atoms with Crippen LogP contribution in [0.1, 0.15) is 94.0 Å². The minimum atomic E-state index is -0.247. The maximum absolute atomic E-state index is 13.7. The van der Waals surface area contributed by atoms with Crippen LogP contribution < -0.4 is 0 Å². The average molecular weight is 521 g/mol. The number of carbonyl (C=O) groups is 1. The van der Waals surface area contributed by atoms with Gasteiger partial charge in [-0.15, -0.1) is 0 Å². The summed E-state index contributed by atoms with van der Waals surface area (Å²) in [6.45, 7) is 9.45. The van der Waals surface area contributed by atoms with Gasteiger partial charge in [0.1, 0.15) is 5.82 Å². The molecule has 5 nitrogen and oxygen atoms in total. The Bertz CT molecular complexity index is 1140. The van der Waals surface area contributed by atoms with E-state index in [4.69, 9.17) is 5.10 Å². The summed E-state index contributed by atoms with van der Waals surface area (Å²) in [7, 11) is 0. The third-order valence-corrected chi connectivity index (χ3v) is 7.80. The van der Waals surface area contributed by atoms with Gasteiger partial charge in [-0.25, -0.2) is 8.91 Å². The van der Waals surface area contributed by atoms with E-state index in [2.05, 4.69) is 18.7 Å². The van der Waals surface area contributed by atoms with Crippen molar-refractivity contribution in [1.82, 2.24) is 19.4 Å². The number of piperidine rings is 1. The fourth-order valence-corrected chi connectivity index (χ4v) is 5.58. The number of pyridine rings is 1. The second-order valence-corrected chi connectivity index (χ2v) is 10.8. The zero-order valence-electron chi connectivity index (χ0n) is 23.4. The molecule has 206 valence electrons. The highest BCUT2D eigenvalue weighted by atomic mass is 19.1. The molecular formula is C32H45FN4O. The lowest BCUT2D eigenvalue weighted by Gasteiger charge is -2.26. The second kappa shape index (κ2) is 14.4.